The van der Waals surface area contributed by atoms with E-state index in [1.807, 2.05) is 0 Å². The summed E-state index contributed by atoms with van der Waals surface area (Å²) in [6, 6.07) is 7.30. The van der Waals surface area contributed by atoms with Gasteiger partial charge in [-0.3, -0.25) is 4.79 Å². The summed E-state index contributed by atoms with van der Waals surface area (Å²) < 4.78 is 39.3. The summed E-state index contributed by atoms with van der Waals surface area (Å²) in [4.78, 5) is 15.8. The monoisotopic (exact) mass is 341 g/mol. The molecule has 0 aliphatic rings. The molecule has 0 fully saturated rings. The van der Waals surface area contributed by atoms with Gasteiger partial charge in [0.1, 0.15) is 11.9 Å². The molecule has 8 heteroatoms. The van der Waals surface area contributed by atoms with Gasteiger partial charge >= 0.3 is 6.18 Å². The number of halogens is 3. The summed E-state index contributed by atoms with van der Waals surface area (Å²) in [7, 11) is 0. The standard InChI is InChI=1S/C16H18F3N3O2/c1-10(22-8-14(16(17,18)19)20-11(22)2)15(24)21-13(9-23)12-6-4-3-5-7-12/h3-8,10,13,23H,9H2,1-2H3,(H,21,24)/t10-,13+/m0/s1. The third kappa shape index (κ3) is 3.94. The average molecular weight is 341 g/mol. The molecule has 0 saturated heterocycles. The first-order chi connectivity index (χ1) is 11.2. The molecule has 1 aromatic carbocycles. The second-order valence-electron chi connectivity index (χ2n) is 5.41. The number of hydrogen-bond donors (Lipinski definition) is 2. The van der Waals surface area contributed by atoms with Gasteiger partial charge in [0.25, 0.3) is 0 Å². The highest BCUT2D eigenvalue weighted by Gasteiger charge is 2.35. The molecule has 0 aliphatic heterocycles. The van der Waals surface area contributed by atoms with E-state index < -0.39 is 29.9 Å². The van der Waals surface area contributed by atoms with Crippen LogP contribution in [0.25, 0.3) is 0 Å². The molecule has 1 heterocycles. The van der Waals surface area contributed by atoms with Crippen molar-refractivity contribution >= 4 is 5.91 Å². The minimum Gasteiger partial charge on any atom is -0.394 e. The van der Waals surface area contributed by atoms with Crippen LogP contribution in [0, 0.1) is 6.92 Å². The number of imidazole rings is 1. The maximum atomic E-state index is 12.7. The molecular weight excluding hydrogens is 323 g/mol. The van der Waals surface area contributed by atoms with E-state index in [2.05, 4.69) is 10.3 Å². The van der Waals surface area contributed by atoms with Gasteiger partial charge in [-0.25, -0.2) is 4.98 Å². The van der Waals surface area contributed by atoms with Gasteiger partial charge in [-0.15, -0.1) is 0 Å². The van der Waals surface area contributed by atoms with Gasteiger partial charge in [-0.2, -0.15) is 13.2 Å². The fourth-order valence-corrected chi connectivity index (χ4v) is 2.35. The molecule has 2 N–H and O–H groups in total. The van der Waals surface area contributed by atoms with Crippen molar-refractivity contribution in [3.8, 4) is 0 Å². The van der Waals surface area contributed by atoms with Crippen LogP contribution in [-0.4, -0.2) is 27.2 Å². The normalized spacial score (nSPS) is 14.2. The van der Waals surface area contributed by atoms with Gasteiger partial charge in [-0.05, 0) is 19.4 Å². The number of aliphatic hydroxyl groups is 1. The predicted molar refractivity (Wildman–Crippen MR) is 81.1 cm³/mol. The Bertz CT molecular complexity index is 698. The number of nitrogens with zero attached hydrogens (tertiary/aromatic N) is 2. The fourth-order valence-electron chi connectivity index (χ4n) is 2.35. The lowest BCUT2D eigenvalue weighted by atomic mass is 10.1. The molecule has 1 aromatic heterocycles. The van der Waals surface area contributed by atoms with Crippen LogP contribution in [0.4, 0.5) is 13.2 Å². The minimum atomic E-state index is -4.57. The highest BCUT2D eigenvalue weighted by Crippen LogP contribution is 2.29. The molecule has 1 amide bonds. The SMILES string of the molecule is Cc1nc(C(F)(F)F)cn1[C@@H](C)C(=O)N[C@H](CO)c1ccccc1. The average Bonchev–Trinajstić information content (AvgIpc) is 2.94. The van der Waals surface area contributed by atoms with Crippen LogP contribution in [0.15, 0.2) is 36.5 Å². The van der Waals surface area contributed by atoms with Crippen molar-refractivity contribution in [1.82, 2.24) is 14.9 Å². The molecule has 24 heavy (non-hydrogen) atoms. The summed E-state index contributed by atoms with van der Waals surface area (Å²) in [6.07, 6.45) is -3.75. The van der Waals surface area contributed by atoms with Crippen LogP contribution >= 0.6 is 0 Å². The molecule has 2 rings (SSSR count). The molecular formula is C16H18F3N3O2. The number of aliphatic hydroxyl groups excluding tert-OH is 1. The van der Waals surface area contributed by atoms with Crippen molar-refractivity contribution in [2.45, 2.75) is 32.1 Å². The number of aromatic nitrogens is 2. The molecule has 0 radical (unpaired) electrons. The van der Waals surface area contributed by atoms with E-state index in [0.717, 1.165) is 10.8 Å². The molecule has 130 valence electrons. The van der Waals surface area contributed by atoms with Gasteiger partial charge in [-0.1, -0.05) is 30.3 Å². The summed E-state index contributed by atoms with van der Waals surface area (Å²) in [5.41, 5.74) is -0.333. The topological polar surface area (TPSA) is 67.2 Å². The lowest BCUT2D eigenvalue weighted by molar-refractivity contribution is -0.141. The quantitative estimate of drug-likeness (QED) is 0.878. The molecule has 0 saturated carbocycles. The van der Waals surface area contributed by atoms with Crippen LogP contribution in [0.3, 0.4) is 0 Å². The van der Waals surface area contributed by atoms with Crippen molar-refractivity contribution in [3.63, 3.8) is 0 Å². The first kappa shape index (κ1) is 18.0. The number of benzene rings is 1. The minimum absolute atomic E-state index is 0.0882. The van der Waals surface area contributed by atoms with Crippen LogP contribution in [0.1, 0.15) is 36.1 Å². The molecule has 0 aliphatic carbocycles. The summed E-state index contributed by atoms with van der Waals surface area (Å²) in [5, 5.41) is 12.1. The van der Waals surface area contributed by atoms with E-state index in [4.69, 9.17) is 0 Å². The Labute approximate surface area is 137 Å². The first-order valence-corrected chi connectivity index (χ1v) is 7.33. The zero-order valence-electron chi connectivity index (χ0n) is 13.2. The molecule has 0 bridgehead atoms. The van der Waals surface area contributed by atoms with E-state index >= 15 is 0 Å². The lowest BCUT2D eigenvalue weighted by Gasteiger charge is -2.21. The molecule has 2 aromatic rings. The largest absolute Gasteiger partial charge is 0.434 e. The van der Waals surface area contributed by atoms with E-state index in [9.17, 15) is 23.1 Å². The summed E-state index contributed by atoms with van der Waals surface area (Å²) in [6.45, 7) is 2.56. The number of hydrogen-bond acceptors (Lipinski definition) is 3. The van der Waals surface area contributed by atoms with Gasteiger partial charge in [0, 0.05) is 6.20 Å². The predicted octanol–water partition coefficient (Wildman–Crippen LogP) is 2.62. The van der Waals surface area contributed by atoms with E-state index in [0.29, 0.717) is 5.56 Å². The maximum Gasteiger partial charge on any atom is 0.434 e. The smallest absolute Gasteiger partial charge is 0.394 e. The van der Waals surface area contributed by atoms with Gasteiger partial charge in [0.15, 0.2) is 5.69 Å². The van der Waals surface area contributed by atoms with Crippen molar-refractivity contribution < 1.29 is 23.1 Å². The highest BCUT2D eigenvalue weighted by molar-refractivity contribution is 5.80. The first-order valence-electron chi connectivity index (χ1n) is 7.33. The highest BCUT2D eigenvalue weighted by atomic mass is 19.4. The number of nitrogens with one attached hydrogen (secondary N) is 1. The van der Waals surface area contributed by atoms with E-state index in [-0.39, 0.29) is 12.4 Å². The number of carbonyl (C=O) groups excluding carboxylic acids is 1. The van der Waals surface area contributed by atoms with Crippen LogP contribution in [0.2, 0.25) is 0 Å². The fraction of sp³-hybridized carbons (Fsp3) is 0.375. The number of aryl methyl sites for hydroxylation is 1. The summed E-state index contributed by atoms with van der Waals surface area (Å²) in [5.74, 6) is -0.419. The Morgan fingerprint density at radius 2 is 1.96 bits per heavy atom. The van der Waals surface area contributed by atoms with Crippen molar-refractivity contribution in [2.24, 2.45) is 0 Å². The number of alkyl halides is 3. The molecule has 0 spiro atoms. The molecule has 0 unspecified atom stereocenters. The Morgan fingerprint density at radius 1 is 1.33 bits per heavy atom. The second kappa shape index (κ2) is 7.04. The molecule has 2 atom stereocenters. The number of carbonyl (C=O) groups is 1. The van der Waals surface area contributed by atoms with E-state index in [1.165, 1.54) is 13.8 Å². The third-order valence-electron chi connectivity index (χ3n) is 3.71. The lowest BCUT2D eigenvalue weighted by Crippen LogP contribution is -2.35. The Balaban J connectivity index is 2.16. The Kier molecular flexibility index (Phi) is 5.28. The van der Waals surface area contributed by atoms with Crippen LogP contribution in [-0.2, 0) is 11.0 Å². The van der Waals surface area contributed by atoms with Crippen molar-refractivity contribution in [3.05, 3.63) is 53.6 Å². The van der Waals surface area contributed by atoms with Crippen molar-refractivity contribution in [2.75, 3.05) is 6.61 Å². The third-order valence-corrected chi connectivity index (χ3v) is 3.71. The maximum absolute atomic E-state index is 12.7. The zero-order valence-corrected chi connectivity index (χ0v) is 13.2. The zero-order chi connectivity index (χ0) is 17.9. The van der Waals surface area contributed by atoms with E-state index in [1.54, 1.807) is 30.3 Å². The Morgan fingerprint density at radius 3 is 2.46 bits per heavy atom. The second-order valence-corrected chi connectivity index (χ2v) is 5.41. The number of amides is 1. The van der Waals surface area contributed by atoms with Gasteiger partial charge in [0.2, 0.25) is 5.91 Å². The van der Waals surface area contributed by atoms with Gasteiger partial charge in [0.05, 0.1) is 12.6 Å². The number of rotatable bonds is 5. The summed E-state index contributed by atoms with van der Waals surface area (Å²) >= 11 is 0. The van der Waals surface area contributed by atoms with Crippen LogP contribution in [0.5, 0.6) is 0 Å². The molecule has 5 nitrogen and oxygen atoms in total. The van der Waals surface area contributed by atoms with Crippen molar-refractivity contribution in [1.29, 1.82) is 0 Å². The van der Waals surface area contributed by atoms with Gasteiger partial charge < -0.3 is 15.0 Å². The Hall–Kier alpha value is -2.35. The van der Waals surface area contributed by atoms with Crippen LogP contribution < -0.4 is 5.32 Å².